The van der Waals surface area contributed by atoms with Crippen LogP contribution in [0.5, 0.6) is 17.4 Å². The molecule has 1 saturated heterocycles. The number of likely N-dealkylation sites (tertiary alicyclic amines) is 1. The van der Waals surface area contributed by atoms with E-state index in [4.69, 9.17) is 14.5 Å². The van der Waals surface area contributed by atoms with Crippen molar-refractivity contribution in [3.05, 3.63) is 42.0 Å². The number of hydrogen-bond acceptors (Lipinski definition) is 7. The van der Waals surface area contributed by atoms with Crippen molar-refractivity contribution in [2.75, 3.05) is 44.4 Å². The van der Waals surface area contributed by atoms with Gasteiger partial charge in [-0.2, -0.15) is 0 Å². The van der Waals surface area contributed by atoms with E-state index in [9.17, 15) is 18.3 Å². The largest absolute Gasteiger partial charge is 0.494 e. The van der Waals surface area contributed by atoms with Crippen LogP contribution in [0.4, 0.5) is 11.4 Å². The van der Waals surface area contributed by atoms with Gasteiger partial charge in [0.2, 0.25) is 15.9 Å². The third-order valence-electron chi connectivity index (χ3n) is 6.45. The Hall–Kier alpha value is -3.73. The van der Waals surface area contributed by atoms with Crippen LogP contribution in [0, 0.1) is 0 Å². The maximum Gasteiger partial charge on any atom is 0.243 e. The molecule has 1 fully saturated rings. The summed E-state index contributed by atoms with van der Waals surface area (Å²) < 4.78 is 36.9. The number of carbonyl (C=O) groups excluding carboxylic acids is 1. The van der Waals surface area contributed by atoms with Gasteiger partial charge in [0, 0.05) is 24.5 Å². The molecule has 0 spiro atoms. The van der Waals surface area contributed by atoms with Crippen molar-refractivity contribution in [1.82, 2.24) is 9.88 Å². The minimum Gasteiger partial charge on any atom is -0.494 e. The molecule has 0 unspecified atom stereocenters. The number of benzene rings is 2. The van der Waals surface area contributed by atoms with E-state index in [1.165, 1.54) is 0 Å². The zero-order valence-corrected chi connectivity index (χ0v) is 22.3. The molecule has 1 amide bonds. The molecular weight excluding hydrogens is 496 g/mol. The Morgan fingerprint density at radius 2 is 1.73 bits per heavy atom. The Labute approximate surface area is 216 Å². The smallest absolute Gasteiger partial charge is 0.243 e. The molecule has 0 saturated carbocycles. The lowest BCUT2D eigenvalue weighted by Crippen LogP contribution is -2.41. The van der Waals surface area contributed by atoms with E-state index in [0.29, 0.717) is 59.2 Å². The number of nitrogens with zero attached hydrogens (tertiary/aromatic N) is 3. The van der Waals surface area contributed by atoms with Crippen molar-refractivity contribution in [3.8, 4) is 17.4 Å². The molecule has 3 aromatic rings. The summed E-state index contributed by atoms with van der Waals surface area (Å²) in [7, 11) is -0.579. The Kier molecular flexibility index (Phi) is 7.63. The van der Waals surface area contributed by atoms with Gasteiger partial charge in [0.1, 0.15) is 6.54 Å². The monoisotopic (exact) mass is 528 g/mol. The van der Waals surface area contributed by atoms with Crippen LogP contribution in [0.25, 0.3) is 10.9 Å². The highest BCUT2D eigenvalue weighted by Gasteiger charge is 2.25. The molecular formula is C26H32N4O6S. The van der Waals surface area contributed by atoms with Crippen LogP contribution in [-0.2, 0) is 14.8 Å². The fourth-order valence-electron chi connectivity index (χ4n) is 4.55. The number of ether oxygens (including phenoxy) is 2. The summed E-state index contributed by atoms with van der Waals surface area (Å²) in [5.74, 6) is 0.831. The molecule has 4 rings (SSSR count). The minimum atomic E-state index is -3.67. The highest BCUT2D eigenvalue weighted by atomic mass is 32.2. The van der Waals surface area contributed by atoms with Crippen LogP contribution >= 0.6 is 0 Å². The second kappa shape index (κ2) is 10.7. The molecule has 10 nitrogen and oxygen atoms in total. The van der Waals surface area contributed by atoms with E-state index in [2.05, 4.69) is 4.98 Å². The second-order valence-electron chi connectivity index (χ2n) is 8.89. The molecule has 198 valence electrons. The van der Waals surface area contributed by atoms with Gasteiger partial charge in [-0.15, -0.1) is 0 Å². The number of H-pyrrole nitrogens is 1. The fraction of sp³-hybridized carbons (Fsp3) is 0.385. The third kappa shape index (κ3) is 5.51. The normalized spacial score (nSPS) is 14.3. The van der Waals surface area contributed by atoms with E-state index < -0.39 is 10.0 Å². The van der Waals surface area contributed by atoms with Gasteiger partial charge >= 0.3 is 0 Å². The van der Waals surface area contributed by atoms with Crippen molar-refractivity contribution in [2.45, 2.75) is 26.2 Å². The number of rotatable bonds is 9. The van der Waals surface area contributed by atoms with Gasteiger partial charge in [-0.25, -0.2) is 8.42 Å². The topological polar surface area (TPSA) is 125 Å². The predicted octanol–water partition coefficient (Wildman–Crippen LogP) is 3.81. The SMILES string of the molecule is CCC(=Nc1ccc(N(CC(=O)N2CCCC2)S(C)(=O)=O)cc1)c1c(O)[nH]c2cc(OC)c(OC)cc12. The number of aromatic hydroxyl groups is 1. The number of aliphatic imine (C=N–C) groups is 1. The first kappa shape index (κ1) is 26.3. The minimum absolute atomic E-state index is 0.0220. The molecule has 0 radical (unpaired) electrons. The Morgan fingerprint density at radius 1 is 1.11 bits per heavy atom. The third-order valence-corrected chi connectivity index (χ3v) is 7.59. The summed E-state index contributed by atoms with van der Waals surface area (Å²) in [5.41, 5.74) is 2.82. The van der Waals surface area contributed by atoms with Crippen LogP contribution in [0.15, 0.2) is 41.4 Å². The van der Waals surface area contributed by atoms with E-state index in [-0.39, 0.29) is 18.3 Å². The van der Waals surface area contributed by atoms with Crippen LogP contribution in [0.2, 0.25) is 0 Å². The van der Waals surface area contributed by atoms with E-state index in [1.807, 2.05) is 6.92 Å². The summed E-state index contributed by atoms with van der Waals surface area (Å²) in [6.45, 7) is 3.00. The van der Waals surface area contributed by atoms with Crippen molar-refractivity contribution >= 4 is 43.9 Å². The summed E-state index contributed by atoms with van der Waals surface area (Å²) in [5, 5.41) is 11.4. The lowest BCUT2D eigenvalue weighted by atomic mass is 10.1. The number of aromatic nitrogens is 1. The lowest BCUT2D eigenvalue weighted by Gasteiger charge is -2.24. The molecule has 37 heavy (non-hydrogen) atoms. The Balaban J connectivity index is 1.66. The number of carbonyl (C=O) groups is 1. The molecule has 1 aliphatic heterocycles. The molecule has 11 heteroatoms. The Morgan fingerprint density at radius 3 is 2.30 bits per heavy atom. The van der Waals surface area contributed by atoms with Crippen LogP contribution in [-0.4, -0.2) is 75.1 Å². The number of sulfonamides is 1. The number of anilines is 1. The summed E-state index contributed by atoms with van der Waals surface area (Å²) in [4.78, 5) is 22.0. The highest BCUT2D eigenvalue weighted by molar-refractivity contribution is 7.92. The number of hydrogen-bond donors (Lipinski definition) is 2. The Bertz CT molecular complexity index is 1420. The maximum absolute atomic E-state index is 12.6. The first-order chi connectivity index (χ1) is 17.7. The van der Waals surface area contributed by atoms with Gasteiger partial charge in [-0.1, -0.05) is 6.92 Å². The molecule has 2 heterocycles. The van der Waals surface area contributed by atoms with Gasteiger partial charge in [0.25, 0.3) is 0 Å². The summed E-state index contributed by atoms with van der Waals surface area (Å²) >= 11 is 0. The predicted molar refractivity (Wildman–Crippen MR) is 144 cm³/mol. The molecule has 0 atom stereocenters. The van der Waals surface area contributed by atoms with Crippen molar-refractivity contribution in [2.24, 2.45) is 4.99 Å². The number of amides is 1. The fourth-order valence-corrected chi connectivity index (χ4v) is 5.40. The van der Waals surface area contributed by atoms with Crippen molar-refractivity contribution in [3.63, 3.8) is 0 Å². The number of aromatic amines is 1. The van der Waals surface area contributed by atoms with Gasteiger partial charge in [-0.3, -0.25) is 14.1 Å². The molecule has 0 aliphatic carbocycles. The van der Waals surface area contributed by atoms with E-state index >= 15 is 0 Å². The zero-order valence-electron chi connectivity index (χ0n) is 21.4. The zero-order chi connectivity index (χ0) is 26.7. The van der Waals surface area contributed by atoms with Crippen LogP contribution in [0.1, 0.15) is 31.7 Å². The van der Waals surface area contributed by atoms with Crippen LogP contribution < -0.4 is 13.8 Å². The highest BCUT2D eigenvalue weighted by Crippen LogP contribution is 2.38. The standard InChI is InChI=1S/C26H32N4O6S/c1-5-20(25-19-14-22(35-2)23(36-3)15-21(19)28-26(25)32)27-17-8-10-18(11-9-17)30(37(4,33)34)16-24(31)29-12-6-7-13-29/h8-11,14-15,28,32H,5-7,12-13,16H2,1-4H3. The summed E-state index contributed by atoms with van der Waals surface area (Å²) in [6.07, 6.45) is 3.48. The van der Waals surface area contributed by atoms with Gasteiger partial charge < -0.3 is 24.5 Å². The number of nitrogens with one attached hydrogen (secondary N) is 1. The second-order valence-corrected chi connectivity index (χ2v) is 10.8. The van der Waals surface area contributed by atoms with E-state index in [0.717, 1.165) is 28.8 Å². The average molecular weight is 529 g/mol. The van der Waals surface area contributed by atoms with Crippen molar-refractivity contribution < 1.29 is 27.8 Å². The van der Waals surface area contributed by atoms with Crippen LogP contribution in [0.3, 0.4) is 0 Å². The average Bonchev–Trinajstić information content (AvgIpc) is 3.52. The van der Waals surface area contributed by atoms with Gasteiger partial charge in [0.15, 0.2) is 17.4 Å². The lowest BCUT2D eigenvalue weighted by molar-refractivity contribution is -0.128. The van der Waals surface area contributed by atoms with Gasteiger partial charge in [-0.05, 0) is 49.6 Å². The number of methoxy groups -OCH3 is 2. The molecule has 0 bridgehead atoms. The molecule has 1 aliphatic rings. The van der Waals surface area contributed by atoms with Crippen molar-refractivity contribution in [1.29, 1.82) is 0 Å². The molecule has 2 aromatic carbocycles. The summed E-state index contributed by atoms with van der Waals surface area (Å²) in [6, 6.07) is 10.2. The van der Waals surface area contributed by atoms with E-state index in [1.54, 1.807) is 55.5 Å². The van der Waals surface area contributed by atoms with Gasteiger partial charge in [0.05, 0.1) is 48.6 Å². The first-order valence-electron chi connectivity index (χ1n) is 12.1. The molecule has 2 N–H and O–H groups in total. The first-order valence-corrected chi connectivity index (χ1v) is 13.9. The maximum atomic E-state index is 12.6. The molecule has 1 aromatic heterocycles. The quantitative estimate of drug-likeness (QED) is 0.407. The number of fused-ring (bicyclic) bond motifs is 1.